The van der Waals surface area contributed by atoms with Crippen molar-refractivity contribution in [1.29, 1.82) is 0 Å². The van der Waals surface area contributed by atoms with E-state index in [2.05, 4.69) is 25.7 Å². The van der Waals surface area contributed by atoms with E-state index in [-0.39, 0.29) is 12.3 Å². The van der Waals surface area contributed by atoms with E-state index in [4.69, 9.17) is 9.47 Å². The third-order valence-electron chi connectivity index (χ3n) is 2.22. The zero-order chi connectivity index (χ0) is 11.0. The highest BCUT2D eigenvalue weighted by molar-refractivity contribution is 4.74. The largest absolute Gasteiger partial charge is 0.354 e. The van der Waals surface area contributed by atoms with Crippen LogP contribution in [0.2, 0.25) is 0 Å². The summed E-state index contributed by atoms with van der Waals surface area (Å²) in [6.45, 7) is 7.91. The van der Waals surface area contributed by atoms with Gasteiger partial charge in [-0.2, -0.15) is 0 Å². The Morgan fingerprint density at radius 3 is 2.29 bits per heavy atom. The monoisotopic (exact) mass is 201 g/mol. The molecule has 0 saturated heterocycles. The molecule has 0 aliphatic rings. The summed E-state index contributed by atoms with van der Waals surface area (Å²) >= 11 is 0. The number of allylic oxidation sites excluding steroid dienone is 1. The lowest BCUT2D eigenvalue weighted by molar-refractivity contribution is -0.120. The minimum atomic E-state index is -0.179. The van der Waals surface area contributed by atoms with Crippen molar-refractivity contribution in [2.45, 2.75) is 45.1 Å². The fraction of sp³-hybridized carbons (Fsp3) is 0.818. The van der Waals surface area contributed by atoms with Gasteiger partial charge in [-0.1, -0.05) is 6.08 Å². The summed E-state index contributed by atoms with van der Waals surface area (Å²) in [7, 11) is 3.31. The molecule has 0 aromatic heterocycles. The Balaban J connectivity index is 3.78. The first kappa shape index (κ1) is 13.6. The molecule has 0 heterocycles. The van der Waals surface area contributed by atoms with E-state index >= 15 is 0 Å². The van der Waals surface area contributed by atoms with Crippen LogP contribution in [0.1, 0.15) is 26.7 Å². The highest BCUT2D eigenvalue weighted by atomic mass is 16.7. The first-order chi connectivity index (χ1) is 6.65. The lowest BCUT2D eigenvalue weighted by Gasteiger charge is -2.25. The quantitative estimate of drug-likeness (QED) is 0.481. The van der Waals surface area contributed by atoms with Gasteiger partial charge >= 0.3 is 0 Å². The van der Waals surface area contributed by atoms with E-state index in [0.717, 1.165) is 12.8 Å². The number of nitrogens with one attached hydrogen (secondary N) is 1. The van der Waals surface area contributed by atoms with Crippen LogP contribution in [-0.4, -0.2) is 32.6 Å². The second-order valence-electron chi connectivity index (χ2n) is 3.56. The van der Waals surface area contributed by atoms with Crippen LogP contribution in [0.5, 0.6) is 0 Å². The van der Waals surface area contributed by atoms with Gasteiger partial charge < -0.3 is 14.8 Å². The van der Waals surface area contributed by atoms with Gasteiger partial charge in [0.1, 0.15) is 0 Å². The van der Waals surface area contributed by atoms with Gasteiger partial charge in [0, 0.05) is 20.3 Å². The Labute approximate surface area is 87.5 Å². The third kappa shape index (κ3) is 5.37. The summed E-state index contributed by atoms with van der Waals surface area (Å²) in [5.74, 6) is 0. The van der Waals surface area contributed by atoms with Crippen LogP contribution in [-0.2, 0) is 9.47 Å². The molecular formula is C11H23NO2. The molecule has 3 nitrogen and oxygen atoms in total. The van der Waals surface area contributed by atoms with Gasteiger partial charge in [0.15, 0.2) is 6.29 Å². The van der Waals surface area contributed by atoms with Gasteiger partial charge in [-0.05, 0) is 26.7 Å². The molecule has 3 heteroatoms. The summed E-state index contributed by atoms with van der Waals surface area (Å²) in [6, 6.07) is 0.653. The maximum Gasteiger partial charge on any atom is 0.171 e. The minimum absolute atomic E-state index is 0.179. The predicted molar refractivity (Wildman–Crippen MR) is 59.3 cm³/mol. The molecule has 14 heavy (non-hydrogen) atoms. The number of methoxy groups -OCH3 is 2. The molecule has 0 aliphatic carbocycles. The van der Waals surface area contributed by atoms with Crippen LogP contribution in [0.4, 0.5) is 0 Å². The molecule has 0 spiro atoms. The fourth-order valence-corrected chi connectivity index (χ4v) is 1.48. The van der Waals surface area contributed by atoms with Crippen molar-refractivity contribution in [3.63, 3.8) is 0 Å². The van der Waals surface area contributed by atoms with Crippen LogP contribution in [0.15, 0.2) is 12.7 Å². The molecular weight excluding hydrogens is 178 g/mol. The lowest BCUT2D eigenvalue weighted by Crippen LogP contribution is -2.43. The van der Waals surface area contributed by atoms with Crippen molar-refractivity contribution in [3.8, 4) is 0 Å². The average Bonchev–Trinajstić information content (AvgIpc) is 2.16. The van der Waals surface area contributed by atoms with Gasteiger partial charge in [-0.25, -0.2) is 0 Å². The fourth-order valence-electron chi connectivity index (χ4n) is 1.48. The van der Waals surface area contributed by atoms with Crippen molar-refractivity contribution in [3.05, 3.63) is 12.7 Å². The summed E-state index contributed by atoms with van der Waals surface area (Å²) in [5, 5.41) is 3.42. The number of hydrogen-bond donors (Lipinski definition) is 1. The first-order valence-corrected chi connectivity index (χ1v) is 5.08. The molecule has 2 unspecified atom stereocenters. The Morgan fingerprint density at radius 1 is 1.29 bits per heavy atom. The standard InChI is InChI=1S/C11H23NO2/c1-6-7-8-9(2)12-10(3)11(13-4)14-5/h6,9-12H,1,7-8H2,2-5H3. The molecule has 0 aromatic carbocycles. The predicted octanol–water partition coefficient (Wildman–Crippen LogP) is 1.94. The van der Waals surface area contributed by atoms with Gasteiger partial charge in [-0.3, -0.25) is 0 Å². The second-order valence-corrected chi connectivity index (χ2v) is 3.56. The molecule has 0 aliphatic heterocycles. The summed E-state index contributed by atoms with van der Waals surface area (Å²) in [4.78, 5) is 0. The average molecular weight is 201 g/mol. The maximum atomic E-state index is 5.16. The van der Waals surface area contributed by atoms with Crippen LogP contribution in [0, 0.1) is 0 Å². The van der Waals surface area contributed by atoms with Gasteiger partial charge in [-0.15, -0.1) is 6.58 Å². The molecule has 0 saturated carbocycles. The van der Waals surface area contributed by atoms with E-state index in [1.165, 1.54) is 0 Å². The topological polar surface area (TPSA) is 30.5 Å². The molecule has 0 bridgehead atoms. The number of ether oxygens (including phenoxy) is 2. The Bertz CT molecular complexity index is 146. The van der Waals surface area contributed by atoms with E-state index in [0.29, 0.717) is 6.04 Å². The molecule has 1 N–H and O–H groups in total. The Morgan fingerprint density at radius 2 is 1.86 bits per heavy atom. The SMILES string of the molecule is C=CCCC(C)NC(C)C(OC)OC. The second kappa shape index (κ2) is 7.97. The molecule has 0 aromatic rings. The van der Waals surface area contributed by atoms with E-state index in [1.54, 1.807) is 14.2 Å². The number of rotatable bonds is 8. The van der Waals surface area contributed by atoms with Crippen LogP contribution < -0.4 is 5.32 Å². The van der Waals surface area contributed by atoms with Crippen molar-refractivity contribution in [2.24, 2.45) is 0 Å². The Hall–Kier alpha value is -0.380. The highest BCUT2D eigenvalue weighted by Gasteiger charge is 2.16. The van der Waals surface area contributed by atoms with Gasteiger partial charge in [0.05, 0.1) is 6.04 Å². The zero-order valence-corrected chi connectivity index (χ0v) is 9.75. The van der Waals surface area contributed by atoms with Crippen molar-refractivity contribution < 1.29 is 9.47 Å². The van der Waals surface area contributed by atoms with Crippen molar-refractivity contribution in [2.75, 3.05) is 14.2 Å². The zero-order valence-electron chi connectivity index (χ0n) is 9.75. The van der Waals surface area contributed by atoms with Crippen LogP contribution in [0.25, 0.3) is 0 Å². The smallest absolute Gasteiger partial charge is 0.171 e. The Kier molecular flexibility index (Phi) is 7.76. The number of hydrogen-bond acceptors (Lipinski definition) is 3. The molecule has 84 valence electrons. The normalized spacial score (nSPS) is 15.5. The van der Waals surface area contributed by atoms with Crippen molar-refractivity contribution in [1.82, 2.24) is 5.32 Å². The highest BCUT2D eigenvalue weighted by Crippen LogP contribution is 2.03. The first-order valence-electron chi connectivity index (χ1n) is 5.08. The van der Waals surface area contributed by atoms with E-state index in [1.807, 2.05) is 6.08 Å². The van der Waals surface area contributed by atoms with Crippen molar-refractivity contribution >= 4 is 0 Å². The lowest BCUT2D eigenvalue weighted by atomic mass is 10.1. The summed E-state index contributed by atoms with van der Waals surface area (Å²) in [5.41, 5.74) is 0. The summed E-state index contributed by atoms with van der Waals surface area (Å²) < 4.78 is 10.3. The minimum Gasteiger partial charge on any atom is -0.354 e. The molecule has 0 radical (unpaired) electrons. The van der Waals surface area contributed by atoms with Crippen LogP contribution >= 0.6 is 0 Å². The third-order valence-corrected chi connectivity index (χ3v) is 2.22. The molecule has 2 atom stereocenters. The van der Waals surface area contributed by atoms with Gasteiger partial charge in [0.2, 0.25) is 0 Å². The van der Waals surface area contributed by atoms with E-state index in [9.17, 15) is 0 Å². The maximum absolute atomic E-state index is 5.16. The van der Waals surface area contributed by atoms with Gasteiger partial charge in [0.25, 0.3) is 0 Å². The van der Waals surface area contributed by atoms with Crippen LogP contribution in [0.3, 0.4) is 0 Å². The molecule has 0 amide bonds. The van der Waals surface area contributed by atoms with E-state index < -0.39 is 0 Å². The molecule has 0 rings (SSSR count). The summed E-state index contributed by atoms with van der Waals surface area (Å²) in [6.07, 6.45) is 3.88. The molecule has 0 fully saturated rings.